The van der Waals surface area contributed by atoms with Gasteiger partial charge in [0.05, 0.1) is 17.1 Å². The van der Waals surface area contributed by atoms with Crippen molar-refractivity contribution in [2.75, 3.05) is 20.1 Å². The van der Waals surface area contributed by atoms with Crippen LogP contribution < -0.4 is 26.6 Å². The zero-order valence-electron chi connectivity index (χ0n) is 34.0. The zero-order valence-corrected chi connectivity index (χ0v) is 34.0. The van der Waals surface area contributed by atoms with E-state index in [1.807, 2.05) is 69.3 Å². The lowest BCUT2D eigenvalue weighted by molar-refractivity contribution is -0.140. The SMILES string of the molecule is CNC[C@H](NC(=O)[C@@H](NC(=O)[C@@H]1CCCN1C(=O)CCC(C)C)C(C)C)C(=O)N[C@@H](CC1CCCC1)C(=O)N[C@@H](C)c1nc2c(-c3ccccc3)cccc2[nH]1. The Bertz CT molecular complexity index is 1800. The summed E-state index contributed by atoms with van der Waals surface area (Å²) < 4.78 is 0. The molecule has 6 N–H and O–H groups in total. The lowest BCUT2D eigenvalue weighted by atomic mass is 9.97. The topological polar surface area (TPSA) is 177 Å². The van der Waals surface area contributed by atoms with Crippen LogP contribution in [0.4, 0.5) is 0 Å². The van der Waals surface area contributed by atoms with Crippen molar-refractivity contribution in [3.8, 4) is 11.1 Å². The molecule has 13 nitrogen and oxygen atoms in total. The smallest absolute Gasteiger partial charge is 0.244 e. The number of aromatic nitrogens is 2. The van der Waals surface area contributed by atoms with Crippen LogP contribution in [0.3, 0.4) is 0 Å². The van der Waals surface area contributed by atoms with Gasteiger partial charge in [-0.2, -0.15) is 0 Å². The number of H-pyrrole nitrogens is 1. The van der Waals surface area contributed by atoms with Crippen LogP contribution in [-0.2, 0) is 24.0 Å². The predicted octanol–water partition coefficient (Wildman–Crippen LogP) is 4.74. The maximum Gasteiger partial charge on any atom is 0.244 e. The van der Waals surface area contributed by atoms with Gasteiger partial charge in [-0.15, -0.1) is 0 Å². The number of amides is 5. The standard InChI is InChI=1S/C43H62N8O5/c1-26(2)21-22-36(52)51-23-13-20-35(51)42(55)50-37(27(3)4)43(56)48-34(25-44-6)41(54)47-33(24-29-14-10-11-15-29)40(53)45-28(5)39-46-32-19-12-18-31(38(32)49-39)30-16-8-7-9-17-30/h7-9,12,16-19,26-29,33-35,37,44H,10-11,13-15,20-25H2,1-6H3,(H,45,53)(H,46,49)(H,47,54)(H,48,56)(H,50,55)/t28-,33-,34-,35-,37-/m0/s1. The highest BCUT2D eigenvalue weighted by molar-refractivity contribution is 5.96. The fourth-order valence-electron chi connectivity index (χ4n) is 7.93. The predicted molar refractivity (Wildman–Crippen MR) is 218 cm³/mol. The molecule has 2 heterocycles. The molecule has 304 valence electrons. The molecule has 1 saturated carbocycles. The highest BCUT2D eigenvalue weighted by atomic mass is 16.2. The first-order valence-corrected chi connectivity index (χ1v) is 20.6. The molecular weight excluding hydrogens is 709 g/mol. The van der Waals surface area contributed by atoms with E-state index in [9.17, 15) is 24.0 Å². The number of rotatable bonds is 18. The molecule has 0 spiro atoms. The third-order valence-corrected chi connectivity index (χ3v) is 11.2. The number of hydrogen-bond acceptors (Lipinski definition) is 7. The van der Waals surface area contributed by atoms with Gasteiger partial charge in [-0.25, -0.2) is 4.98 Å². The molecule has 5 rings (SSSR count). The molecule has 0 unspecified atom stereocenters. The quantitative estimate of drug-likeness (QED) is 0.108. The monoisotopic (exact) mass is 770 g/mol. The third-order valence-electron chi connectivity index (χ3n) is 11.2. The lowest BCUT2D eigenvalue weighted by Gasteiger charge is -2.29. The molecule has 2 aliphatic rings. The van der Waals surface area contributed by atoms with Crippen LogP contribution in [0.15, 0.2) is 48.5 Å². The second-order valence-corrected chi connectivity index (χ2v) is 16.4. The minimum absolute atomic E-state index is 0.0481. The number of aromatic amines is 1. The van der Waals surface area contributed by atoms with E-state index in [0.29, 0.717) is 37.5 Å². The number of nitrogens with one attached hydrogen (secondary N) is 6. The van der Waals surface area contributed by atoms with Gasteiger partial charge in [0.15, 0.2) is 0 Å². The number of fused-ring (bicyclic) bond motifs is 1. The molecule has 2 fully saturated rings. The Labute approximate surface area is 331 Å². The van der Waals surface area contributed by atoms with Gasteiger partial charge in [-0.3, -0.25) is 24.0 Å². The van der Waals surface area contributed by atoms with E-state index in [-0.39, 0.29) is 36.1 Å². The number of benzene rings is 2. The average molecular weight is 771 g/mol. The third kappa shape index (κ3) is 11.0. The van der Waals surface area contributed by atoms with Crippen LogP contribution in [-0.4, -0.2) is 88.7 Å². The maximum absolute atomic E-state index is 14.0. The molecule has 0 bridgehead atoms. The summed E-state index contributed by atoms with van der Waals surface area (Å²) in [5, 5.41) is 14.8. The van der Waals surface area contributed by atoms with Crippen molar-refractivity contribution in [2.24, 2.45) is 17.8 Å². The molecular formula is C43H62N8O5. The number of likely N-dealkylation sites (N-methyl/N-ethyl adjacent to an activating group) is 1. The van der Waals surface area contributed by atoms with E-state index in [0.717, 1.165) is 60.7 Å². The van der Waals surface area contributed by atoms with Gasteiger partial charge >= 0.3 is 0 Å². The summed E-state index contributed by atoms with van der Waals surface area (Å²) in [6.45, 7) is 10.3. The molecule has 2 aromatic carbocycles. The van der Waals surface area contributed by atoms with Crippen LogP contribution in [0.1, 0.15) is 104 Å². The van der Waals surface area contributed by atoms with E-state index in [1.54, 1.807) is 11.9 Å². The second-order valence-electron chi connectivity index (χ2n) is 16.4. The molecule has 13 heteroatoms. The largest absolute Gasteiger partial charge is 0.345 e. The molecule has 0 radical (unpaired) electrons. The Balaban J connectivity index is 1.26. The van der Waals surface area contributed by atoms with Crippen LogP contribution in [0.25, 0.3) is 22.2 Å². The average Bonchev–Trinajstić information content (AvgIpc) is 3.97. The van der Waals surface area contributed by atoms with Crippen molar-refractivity contribution in [2.45, 2.75) is 123 Å². The first-order valence-electron chi connectivity index (χ1n) is 20.6. The van der Waals surface area contributed by atoms with Gasteiger partial charge < -0.3 is 36.5 Å². The normalized spacial score (nSPS) is 18.1. The van der Waals surface area contributed by atoms with Crippen LogP contribution >= 0.6 is 0 Å². The van der Waals surface area contributed by atoms with Crippen molar-refractivity contribution in [1.29, 1.82) is 0 Å². The number of imidazole rings is 1. The maximum atomic E-state index is 14.0. The number of carbonyl (C=O) groups excluding carboxylic acids is 5. The van der Waals surface area contributed by atoms with Crippen molar-refractivity contribution >= 4 is 40.6 Å². The molecule has 1 aliphatic carbocycles. The lowest BCUT2D eigenvalue weighted by Crippen LogP contribution is -2.61. The minimum atomic E-state index is -1.02. The summed E-state index contributed by atoms with van der Waals surface area (Å²) in [7, 11) is 1.68. The second kappa shape index (κ2) is 19.9. The highest BCUT2D eigenvalue weighted by Gasteiger charge is 2.37. The summed E-state index contributed by atoms with van der Waals surface area (Å²) >= 11 is 0. The van der Waals surface area contributed by atoms with Crippen molar-refractivity contribution < 1.29 is 24.0 Å². The Morgan fingerprint density at radius 3 is 2.18 bits per heavy atom. The number of nitrogens with zero attached hydrogens (tertiary/aromatic N) is 2. The van der Waals surface area contributed by atoms with E-state index in [1.165, 1.54) is 0 Å². The van der Waals surface area contributed by atoms with Crippen LogP contribution in [0, 0.1) is 17.8 Å². The number of hydrogen-bond donors (Lipinski definition) is 6. The Kier molecular flexibility index (Phi) is 15.0. The Morgan fingerprint density at radius 2 is 1.50 bits per heavy atom. The molecule has 5 amide bonds. The van der Waals surface area contributed by atoms with E-state index in [2.05, 4.69) is 45.4 Å². The summed E-state index contributed by atoms with van der Waals surface area (Å²) in [6, 6.07) is 12.1. The zero-order chi connectivity index (χ0) is 40.4. The van der Waals surface area contributed by atoms with Gasteiger partial charge in [0.25, 0.3) is 0 Å². The number of carbonyl (C=O) groups is 5. The van der Waals surface area contributed by atoms with Crippen LogP contribution in [0.5, 0.6) is 0 Å². The summed E-state index contributed by atoms with van der Waals surface area (Å²) in [4.78, 5) is 78.2. The van der Waals surface area contributed by atoms with Gasteiger partial charge in [-0.1, -0.05) is 95.8 Å². The molecule has 56 heavy (non-hydrogen) atoms. The summed E-state index contributed by atoms with van der Waals surface area (Å²) in [6.07, 6.45) is 6.97. The van der Waals surface area contributed by atoms with E-state index in [4.69, 9.17) is 4.98 Å². The van der Waals surface area contributed by atoms with Gasteiger partial charge in [0.2, 0.25) is 29.5 Å². The Hall–Kier alpha value is -4.78. The van der Waals surface area contributed by atoms with Gasteiger partial charge in [0, 0.05) is 25.1 Å². The molecule has 5 atom stereocenters. The summed E-state index contributed by atoms with van der Waals surface area (Å²) in [5.74, 6) is -0.790. The molecule has 1 aromatic heterocycles. The van der Waals surface area contributed by atoms with Crippen LogP contribution in [0.2, 0.25) is 0 Å². The first kappa shape index (κ1) is 42.4. The molecule has 1 saturated heterocycles. The number of likely N-dealkylation sites (tertiary alicyclic amines) is 1. The fraction of sp³-hybridized carbons (Fsp3) is 0.581. The van der Waals surface area contributed by atoms with Gasteiger partial charge in [0.1, 0.15) is 30.0 Å². The highest BCUT2D eigenvalue weighted by Crippen LogP contribution is 2.30. The van der Waals surface area contributed by atoms with Crippen molar-refractivity contribution in [1.82, 2.24) is 41.5 Å². The number of para-hydroxylation sites is 1. The molecule has 3 aromatic rings. The van der Waals surface area contributed by atoms with E-state index >= 15 is 0 Å². The fourth-order valence-corrected chi connectivity index (χ4v) is 7.93. The van der Waals surface area contributed by atoms with Crippen molar-refractivity contribution in [3.63, 3.8) is 0 Å². The molecule has 1 aliphatic heterocycles. The Morgan fingerprint density at radius 1 is 0.804 bits per heavy atom. The summed E-state index contributed by atoms with van der Waals surface area (Å²) in [5.41, 5.74) is 3.69. The van der Waals surface area contributed by atoms with Gasteiger partial charge in [-0.05, 0) is 69.0 Å². The first-order chi connectivity index (χ1) is 26.9. The minimum Gasteiger partial charge on any atom is -0.345 e. The van der Waals surface area contributed by atoms with Crippen molar-refractivity contribution in [3.05, 3.63) is 54.4 Å². The van der Waals surface area contributed by atoms with E-state index < -0.39 is 42.0 Å².